The molecule has 1 aromatic heterocycles. The summed E-state index contributed by atoms with van der Waals surface area (Å²) in [5.41, 5.74) is 1.99. The zero-order valence-electron chi connectivity index (χ0n) is 10.6. The van der Waals surface area contributed by atoms with Crippen LogP contribution in [-0.4, -0.2) is 28.9 Å². The predicted molar refractivity (Wildman–Crippen MR) is 72.5 cm³/mol. The first kappa shape index (κ1) is 14.4. The summed E-state index contributed by atoms with van der Waals surface area (Å²) in [6.07, 6.45) is 5.37. The number of esters is 1. The molecule has 0 unspecified atom stereocenters. The average molecular weight is 265 g/mol. The van der Waals surface area contributed by atoms with Gasteiger partial charge in [0.1, 0.15) is 0 Å². The van der Waals surface area contributed by atoms with Crippen LogP contribution in [0.4, 0.5) is 0 Å². The molecule has 0 aliphatic carbocycles. The number of aryl methyl sites for hydroxylation is 1. The normalized spacial score (nSPS) is 10.6. The zero-order valence-corrected chi connectivity index (χ0v) is 11.4. The van der Waals surface area contributed by atoms with E-state index in [1.54, 1.807) is 13.1 Å². The van der Waals surface area contributed by atoms with Gasteiger partial charge >= 0.3 is 5.97 Å². The lowest BCUT2D eigenvalue weighted by atomic mass is 10.1. The lowest BCUT2D eigenvalue weighted by Gasteiger charge is -2.03. The summed E-state index contributed by atoms with van der Waals surface area (Å²) in [6, 6.07) is 1.86. The Kier molecular flexibility index (Phi) is 5.58. The molecule has 0 aliphatic heterocycles. The quantitative estimate of drug-likeness (QED) is 0.783. The highest BCUT2D eigenvalue weighted by Gasteiger charge is 2.10. The van der Waals surface area contributed by atoms with Gasteiger partial charge in [0.05, 0.1) is 7.11 Å². The second kappa shape index (κ2) is 6.96. The van der Waals surface area contributed by atoms with Crippen LogP contribution in [0.15, 0.2) is 18.3 Å². The molecule has 0 amide bonds. The highest BCUT2D eigenvalue weighted by molar-refractivity contribution is 8.13. The monoisotopic (exact) mass is 265 g/mol. The fourth-order valence-electron chi connectivity index (χ4n) is 1.35. The van der Waals surface area contributed by atoms with E-state index < -0.39 is 5.97 Å². The summed E-state index contributed by atoms with van der Waals surface area (Å²) in [7, 11) is 1.33. The number of carbonyl (C=O) groups is 2. The summed E-state index contributed by atoms with van der Waals surface area (Å²) in [4.78, 5) is 26.1. The summed E-state index contributed by atoms with van der Waals surface area (Å²) >= 11 is 1.25. The summed E-state index contributed by atoms with van der Waals surface area (Å²) < 4.78 is 4.62. The van der Waals surface area contributed by atoms with Crippen LogP contribution in [0, 0.1) is 6.92 Å². The fourth-order valence-corrected chi connectivity index (χ4v) is 1.77. The molecule has 5 heteroatoms. The van der Waals surface area contributed by atoms with Crippen molar-refractivity contribution in [3.63, 3.8) is 0 Å². The van der Waals surface area contributed by atoms with Crippen molar-refractivity contribution in [2.24, 2.45) is 0 Å². The maximum atomic E-state index is 11.3. The van der Waals surface area contributed by atoms with Crippen molar-refractivity contribution in [3.05, 3.63) is 35.2 Å². The van der Waals surface area contributed by atoms with Gasteiger partial charge < -0.3 is 4.74 Å². The van der Waals surface area contributed by atoms with E-state index in [1.165, 1.54) is 25.8 Å². The number of nitrogens with zero attached hydrogens (tertiary/aromatic N) is 1. The van der Waals surface area contributed by atoms with Crippen LogP contribution in [0.5, 0.6) is 0 Å². The van der Waals surface area contributed by atoms with Gasteiger partial charge in [-0.05, 0) is 24.1 Å². The number of carbonyl (C=O) groups excluding carboxylic acids is 2. The number of methoxy groups -OCH3 is 1. The Morgan fingerprint density at radius 1 is 1.50 bits per heavy atom. The second-order valence-electron chi connectivity index (χ2n) is 3.63. The fraction of sp³-hybridized carbons (Fsp3) is 0.308. The Balaban J connectivity index is 2.72. The van der Waals surface area contributed by atoms with Crippen molar-refractivity contribution in [3.8, 4) is 0 Å². The van der Waals surface area contributed by atoms with E-state index in [9.17, 15) is 9.59 Å². The first-order chi connectivity index (χ1) is 8.54. The molecule has 0 radical (unpaired) electrons. The third-order valence-corrected chi connectivity index (χ3v) is 2.94. The van der Waals surface area contributed by atoms with Crippen LogP contribution in [0.2, 0.25) is 0 Å². The van der Waals surface area contributed by atoms with Crippen LogP contribution >= 0.6 is 11.8 Å². The molecule has 1 aromatic rings. The van der Waals surface area contributed by atoms with E-state index in [4.69, 9.17) is 0 Å². The van der Waals surface area contributed by atoms with E-state index >= 15 is 0 Å². The molecule has 0 N–H and O–H groups in total. The maximum Gasteiger partial charge on any atom is 0.356 e. The zero-order chi connectivity index (χ0) is 13.5. The minimum atomic E-state index is -0.435. The molecule has 1 heterocycles. The van der Waals surface area contributed by atoms with E-state index in [1.807, 2.05) is 18.2 Å². The average Bonchev–Trinajstić information content (AvgIpc) is 2.33. The van der Waals surface area contributed by atoms with Crippen molar-refractivity contribution in [1.29, 1.82) is 0 Å². The SMILES string of the molecule is COC(=O)c1ncc(C=CCSC(C)=O)cc1C. The minimum Gasteiger partial charge on any atom is -0.464 e. The Morgan fingerprint density at radius 2 is 2.22 bits per heavy atom. The maximum absolute atomic E-state index is 11.3. The summed E-state index contributed by atoms with van der Waals surface area (Å²) in [5, 5.41) is 0.0926. The minimum absolute atomic E-state index is 0.0926. The van der Waals surface area contributed by atoms with Gasteiger partial charge in [0.25, 0.3) is 0 Å². The molecule has 0 bridgehead atoms. The molecule has 96 valence electrons. The van der Waals surface area contributed by atoms with Gasteiger partial charge in [-0.1, -0.05) is 23.9 Å². The number of pyridine rings is 1. The van der Waals surface area contributed by atoms with Crippen LogP contribution in [0.3, 0.4) is 0 Å². The molecule has 0 saturated heterocycles. The number of ether oxygens (including phenoxy) is 1. The highest BCUT2D eigenvalue weighted by Crippen LogP contribution is 2.11. The molecule has 4 nitrogen and oxygen atoms in total. The van der Waals surface area contributed by atoms with Gasteiger partial charge in [-0.25, -0.2) is 9.78 Å². The van der Waals surface area contributed by atoms with E-state index in [0.717, 1.165) is 11.1 Å². The molecule has 0 spiro atoms. The van der Waals surface area contributed by atoms with Gasteiger partial charge in [0.15, 0.2) is 10.8 Å². The molecule has 18 heavy (non-hydrogen) atoms. The van der Waals surface area contributed by atoms with Crippen molar-refractivity contribution >= 4 is 28.9 Å². The Labute approximate surface area is 110 Å². The van der Waals surface area contributed by atoms with Crippen LogP contribution in [-0.2, 0) is 9.53 Å². The van der Waals surface area contributed by atoms with Gasteiger partial charge in [0, 0.05) is 18.9 Å². The molecule has 1 rings (SSSR count). The largest absolute Gasteiger partial charge is 0.464 e. The predicted octanol–water partition coefficient (Wildman–Crippen LogP) is 2.47. The number of aromatic nitrogens is 1. The van der Waals surface area contributed by atoms with Gasteiger partial charge in [-0.2, -0.15) is 0 Å². The number of hydrogen-bond donors (Lipinski definition) is 0. The molecule has 0 saturated carbocycles. The van der Waals surface area contributed by atoms with Crippen molar-refractivity contribution < 1.29 is 14.3 Å². The molecule has 0 aliphatic rings. The molecule has 0 atom stereocenters. The summed E-state index contributed by atoms with van der Waals surface area (Å²) in [5.74, 6) is 0.197. The van der Waals surface area contributed by atoms with Crippen molar-refractivity contribution in [1.82, 2.24) is 4.98 Å². The lowest BCUT2D eigenvalue weighted by molar-refractivity contribution is -0.109. The first-order valence-corrected chi connectivity index (χ1v) is 6.38. The van der Waals surface area contributed by atoms with E-state index in [0.29, 0.717) is 11.4 Å². The van der Waals surface area contributed by atoms with Gasteiger partial charge in [-0.3, -0.25) is 4.79 Å². The molecule has 0 aromatic carbocycles. The van der Waals surface area contributed by atoms with Gasteiger partial charge in [-0.15, -0.1) is 0 Å². The first-order valence-electron chi connectivity index (χ1n) is 5.39. The summed E-state index contributed by atoms with van der Waals surface area (Å²) in [6.45, 7) is 3.34. The van der Waals surface area contributed by atoms with Crippen molar-refractivity contribution in [2.45, 2.75) is 13.8 Å². The number of thioether (sulfide) groups is 1. The Bertz CT molecular complexity index is 483. The van der Waals surface area contributed by atoms with Crippen LogP contribution in [0.25, 0.3) is 6.08 Å². The van der Waals surface area contributed by atoms with Crippen LogP contribution < -0.4 is 0 Å². The molecular weight excluding hydrogens is 250 g/mol. The Morgan fingerprint density at radius 3 is 2.78 bits per heavy atom. The lowest BCUT2D eigenvalue weighted by Crippen LogP contribution is -2.06. The van der Waals surface area contributed by atoms with Crippen LogP contribution in [0.1, 0.15) is 28.5 Å². The van der Waals surface area contributed by atoms with E-state index in [-0.39, 0.29) is 5.12 Å². The highest BCUT2D eigenvalue weighted by atomic mass is 32.2. The molecule has 0 fully saturated rings. The topological polar surface area (TPSA) is 56.3 Å². The van der Waals surface area contributed by atoms with Gasteiger partial charge in [0.2, 0.25) is 0 Å². The van der Waals surface area contributed by atoms with E-state index in [2.05, 4.69) is 9.72 Å². The smallest absolute Gasteiger partial charge is 0.356 e. The second-order valence-corrected chi connectivity index (χ2v) is 4.83. The Hall–Kier alpha value is -1.62. The van der Waals surface area contributed by atoms with Crippen molar-refractivity contribution in [2.75, 3.05) is 12.9 Å². The third kappa shape index (κ3) is 4.33. The number of hydrogen-bond acceptors (Lipinski definition) is 5. The third-order valence-electron chi connectivity index (χ3n) is 2.17. The molecular formula is C13H15NO3S. The number of rotatable bonds is 4. The standard InChI is InChI=1S/C13H15NO3S/c1-9-7-11(5-4-6-18-10(2)15)8-14-12(9)13(16)17-3/h4-5,7-8H,6H2,1-3H3.